The first-order valence-electron chi connectivity index (χ1n) is 7.08. The first kappa shape index (κ1) is 18.8. The normalized spacial score (nSPS) is 11.1. The van der Waals surface area contributed by atoms with Gasteiger partial charge in [-0.05, 0) is 48.9 Å². The Morgan fingerprint density at radius 1 is 1.04 bits per heavy atom. The van der Waals surface area contributed by atoms with Gasteiger partial charge in [0.05, 0.1) is 22.7 Å². The summed E-state index contributed by atoms with van der Waals surface area (Å²) in [6.07, 6.45) is 1.48. The van der Waals surface area contributed by atoms with Crippen LogP contribution in [-0.4, -0.2) is 24.2 Å². The maximum Gasteiger partial charge on any atom is 0.343 e. The van der Waals surface area contributed by atoms with Gasteiger partial charge in [-0.25, -0.2) is 9.59 Å². The average molecular weight is 381 g/mol. The zero-order valence-electron chi connectivity index (χ0n) is 13.4. The van der Waals surface area contributed by atoms with Crippen LogP contribution in [0.5, 0.6) is 11.5 Å². The second kappa shape index (κ2) is 8.05. The number of hydrogen-bond donors (Lipinski definition) is 1. The van der Waals surface area contributed by atoms with E-state index in [9.17, 15) is 9.59 Å². The zero-order chi connectivity index (χ0) is 18.6. The van der Waals surface area contributed by atoms with Gasteiger partial charge in [-0.3, -0.25) is 0 Å². The SMILES string of the molecule is COc1cc(/C=C(\C)C(=O)O)ccc1OC(=O)c1ccc(Cl)c(Cl)c1. The number of carbonyl (C=O) groups is 2. The fourth-order valence-corrected chi connectivity index (χ4v) is 2.25. The molecule has 0 fully saturated rings. The smallest absolute Gasteiger partial charge is 0.343 e. The Kier molecular flexibility index (Phi) is 6.07. The molecule has 0 aliphatic rings. The van der Waals surface area contributed by atoms with Crippen molar-refractivity contribution in [2.24, 2.45) is 0 Å². The van der Waals surface area contributed by atoms with Crippen molar-refractivity contribution in [2.75, 3.05) is 7.11 Å². The minimum absolute atomic E-state index is 0.169. The highest BCUT2D eigenvalue weighted by Gasteiger charge is 2.14. The van der Waals surface area contributed by atoms with Gasteiger partial charge >= 0.3 is 11.9 Å². The fourth-order valence-electron chi connectivity index (χ4n) is 1.95. The first-order chi connectivity index (χ1) is 11.8. The summed E-state index contributed by atoms with van der Waals surface area (Å²) < 4.78 is 10.5. The van der Waals surface area contributed by atoms with E-state index >= 15 is 0 Å². The van der Waals surface area contributed by atoms with Crippen LogP contribution in [-0.2, 0) is 4.79 Å². The Balaban J connectivity index is 2.27. The van der Waals surface area contributed by atoms with Crippen LogP contribution < -0.4 is 9.47 Å². The minimum Gasteiger partial charge on any atom is -0.493 e. The number of hydrogen-bond acceptors (Lipinski definition) is 4. The van der Waals surface area contributed by atoms with E-state index in [2.05, 4.69) is 0 Å². The molecule has 0 aliphatic carbocycles. The van der Waals surface area contributed by atoms with Gasteiger partial charge in [0.1, 0.15) is 0 Å². The van der Waals surface area contributed by atoms with Crippen LogP contribution >= 0.6 is 23.2 Å². The molecule has 0 radical (unpaired) electrons. The van der Waals surface area contributed by atoms with Crippen LogP contribution in [0.3, 0.4) is 0 Å². The predicted octanol–water partition coefficient (Wildman–Crippen LogP) is 4.71. The first-order valence-corrected chi connectivity index (χ1v) is 7.84. The Morgan fingerprint density at radius 3 is 2.36 bits per heavy atom. The lowest BCUT2D eigenvalue weighted by Gasteiger charge is -2.10. The van der Waals surface area contributed by atoms with Gasteiger partial charge in [0, 0.05) is 5.57 Å². The van der Waals surface area contributed by atoms with E-state index in [-0.39, 0.29) is 21.9 Å². The largest absolute Gasteiger partial charge is 0.493 e. The summed E-state index contributed by atoms with van der Waals surface area (Å²) in [7, 11) is 1.42. The third-order valence-electron chi connectivity index (χ3n) is 3.27. The number of ether oxygens (including phenoxy) is 2. The molecule has 7 heteroatoms. The van der Waals surface area contributed by atoms with E-state index < -0.39 is 11.9 Å². The molecule has 1 N–H and O–H groups in total. The van der Waals surface area contributed by atoms with Crippen LogP contribution in [0.15, 0.2) is 42.0 Å². The third-order valence-corrected chi connectivity index (χ3v) is 4.01. The van der Waals surface area contributed by atoms with Crippen molar-refractivity contribution in [3.8, 4) is 11.5 Å². The molecule has 0 bridgehead atoms. The summed E-state index contributed by atoms with van der Waals surface area (Å²) in [6.45, 7) is 1.48. The van der Waals surface area contributed by atoms with E-state index in [0.29, 0.717) is 16.3 Å². The lowest BCUT2D eigenvalue weighted by molar-refractivity contribution is -0.132. The molecular weight excluding hydrogens is 367 g/mol. The molecule has 2 aromatic rings. The molecule has 0 unspecified atom stereocenters. The van der Waals surface area contributed by atoms with Gasteiger partial charge in [-0.15, -0.1) is 0 Å². The topological polar surface area (TPSA) is 72.8 Å². The quantitative estimate of drug-likeness (QED) is 0.461. The zero-order valence-corrected chi connectivity index (χ0v) is 14.9. The number of halogens is 2. The molecule has 0 amide bonds. The van der Waals surface area contributed by atoms with Crippen LogP contribution in [0, 0.1) is 0 Å². The molecule has 2 aromatic carbocycles. The standard InChI is InChI=1S/C18H14Cl2O5/c1-10(17(21)22)7-11-3-6-15(16(8-11)24-2)25-18(23)12-4-5-13(19)14(20)9-12/h3-9H,1-2H3,(H,21,22)/b10-7+. The van der Waals surface area contributed by atoms with Crippen molar-refractivity contribution < 1.29 is 24.2 Å². The van der Waals surface area contributed by atoms with Gasteiger partial charge in [-0.2, -0.15) is 0 Å². The summed E-state index contributed by atoms with van der Waals surface area (Å²) in [5.74, 6) is -1.15. The number of esters is 1. The second-order valence-electron chi connectivity index (χ2n) is 5.06. The van der Waals surface area contributed by atoms with Gasteiger partial charge in [-0.1, -0.05) is 29.3 Å². The number of aliphatic carboxylic acids is 1. The minimum atomic E-state index is -1.02. The molecule has 2 rings (SSSR count). The van der Waals surface area contributed by atoms with Gasteiger partial charge in [0.15, 0.2) is 11.5 Å². The maximum absolute atomic E-state index is 12.2. The van der Waals surface area contributed by atoms with Crippen LogP contribution in [0.2, 0.25) is 10.0 Å². The molecule has 0 atom stereocenters. The molecule has 0 saturated heterocycles. The lowest BCUT2D eigenvalue weighted by atomic mass is 10.1. The number of rotatable bonds is 5. The average Bonchev–Trinajstić information content (AvgIpc) is 2.58. The predicted molar refractivity (Wildman–Crippen MR) is 95.7 cm³/mol. The molecule has 0 spiro atoms. The highest BCUT2D eigenvalue weighted by molar-refractivity contribution is 6.42. The van der Waals surface area contributed by atoms with Crippen LogP contribution in [0.25, 0.3) is 6.08 Å². The number of carbonyl (C=O) groups excluding carboxylic acids is 1. The molecule has 0 heterocycles. The molecular formula is C18H14Cl2O5. The van der Waals surface area contributed by atoms with E-state index in [1.165, 1.54) is 44.4 Å². The van der Waals surface area contributed by atoms with Crippen molar-refractivity contribution in [3.05, 3.63) is 63.1 Å². The summed E-state index contributed by atoms with van der Waals surface area (Å²) in [4.78, 5) is 23.1. The van der Waals surface area contributed by atoms with E-state index in [1.54, 1.807) is 12.1 Å². The lowest BCUT2D eigenvalue weighted by Crippen LogP contribution is -2.09. The van der Waals surface area contributed by atoms with Crippen molar-refractivity contribution >= 4 is 41.2 Å². The highest BCUT2D eigenvalue weighted by atomic mass is 35.5. The summed E-state index contributed by atoms with van der Waals surface area (Å²) in [5, 5.41) is 9.50. The molecule has 5 nitrogen and oxygen atoms in total. The molecule has 0 aliphatic heterocycles. The Morgan fingerprint density at radius 2 is 1.76 bits per heavy atom. The van der Waals surface area contributed by atoms with E-state index in [0.717, 1.165) is 0 Å². The number of methoxy groups -OCH3 is 1. The Labute approximate surface area is 154 Å². The van der Waals surface area contributed by atoms with Crippen LogP contribution in [0.4, 0.5) is 0 Å². The second-order valence-corrected chi connectivity index (χ2v) is 5.88. The van der Waals surface area contributed by atoms with Crippen molar-refractivity contribution in [2.45, 2.75) is 6.92 Å². The monoisotopic (exact) mass is 380 g/mol. The van der Waals surface area contributed by atoms with Crippen LogP contribution in [0.1, 0.15) is 22.8 Å². The van der Waals surface area contributed by atoms with Crippen molar-refractivity contribution in [1.82, 2.24) is 0 Å². The summed E-state index contributed by atoms with van der Waals surface area (Å²) >= 11 is 11.7. The Bertz CT molecular complexity index is 859. The summed E-state index contributed by atoms with van der Waals surface area (Å²) in [6, 6.07) is 9.12. The van der Waals surface area contributed by atoms with E-state index in [4.69, 9.17) is 37.8 Å². The van der Waals surface area contributed by atoms with Crippen molar-refractivity contribution in [1.29, 1.82) is 0 Å². The van der Waals surface area contributed by atoms with E-state index in [1.807, 2.05) is 0 Å². The van der Waals surface area contributed by atoms with Gasteiger partial charge in [0.25, 0.3) is 0 Å². The third kappa shape index (κ3) is 4.75. The summed E-state index contributed by atoms with van der Waals surface area (Å²) in [5.41, 5.74) is 1.01. The molecule has 130 valence electrons. The molecule has 0 aromatic heterocycles. The molecule has 25 heavy (non-hydrogen) atoms. The highest BCUT2D eigenvalue weighted by Crippen LogP contribution is 2.30. The number of benzene rings is 2. The maximum atomic E-state index is 12.2. The number of carboxylic acid groups (broad SMARTS) is 1. The molecule has 0 saturated carbocycles. The van der Waals surface area contributed by atoms with Gasteiger partial charge in [0.2, 0.25) is 0 Å². The number of carboxylic acids is 1. The van der Waals surface area contributed by atoms with Crippen molar-refractivity contribution in [3.63, 3.8) is 0 Å². The fraction of sp³-hybridized carbons (Fsp3) is 0.111. The van der Waals surface area contributed by atoms with Gasteiger partial charge < -0.3 is 14.6 Å². The Hall–Kier alpha value is -2.50.